The molecule has 0 fully saturated rings. The van der Waals surface area contributed by atoms with Crippen LogP contribution in [0.15, 0.2) is 29.2 Å². The summed E-state index contributed by atoms with van der Waals surface area (Å²) in [5, 5.41) is 9.14. The van der Waals surface area contributed by atoms with Gasteiger partial charge in [0.1, 0.15) is 17.4 Å². The van der Waals surface area contributed by atoms with E-state index in [1.165, 1.54) is 18.3 Å². The number of fused-ring (bicyclic) bond motifs is 1. The molecule has 1 aromatic carbocycles. The summed E-state index contributed by atoms with van der Waals surface area (Å²) in [6.07, 6.45) is 2.41. The fourth-order valence-electron chi connectivity index (χ4n) is 1.88. The first kappa shape index (κ1) is 11.3. The molecule has 0 saturated heterocycles. The van der Waals surface area contributed by atoms with E-state index in [4.69, 9.17) is 5.26 Å². The van der Waals surface area contributed by atoms with Gasteiger partial charge in [0, 0.05) is 18.1 Å². The molecule has 0 amide bonds. The zero-order valence-electron chi connectivity index (χ0n) is 9.40. The summed E-state index contributed by atoms with van der Waals surface area (Å²) >= 11 is 0. The molecule has 17 heavy (non-hydrogen) atoms. The molecule has 0 saturated carbocycles. The summed E-state index contributed by atoms with van der Waals surface area (Å²) in [5.74, 6) is -0.465. The molecule has 0 unspecified atom stereocenters. The van der Waals surface area contributed by atoms with Crippen molar-refractivity contribution in [3.05, 3.63) is 46.0 Å². The Bertz CT molecular complexity index is 667. The highest BCUT2D eigenvalue weighted by Crippen LogP contribution is 2.14. The van der Waals surface area contributed by atoms with E-state index >= 15 is 0 Å². The lowest BCUT2D eigenvalue weighted by Gasteiger charge is -2.10. The quantitative estimate of drug-likeness (QED) is 0.795. The van der Waals surface area contributed by atoms with Crippen molar-refractivity contribution < 1.29 is 4.39 Å². The van der Waals surface area contributed by atoms with Crippen LogP contribution in [0.1, 0.15) is 18.9 Å². The van der Waals surface area contributed by atoms with Gasteiger partial charge in [-0.05, 0) is 24.6 Å². The van der Waals surface area contributed by atoms with E-state index in [1.807, 2.05) is 17.6 Å². The first-order valence-electron chi connectivity index (χ1n) is 5.40. The lowest BCUT2D eigenvalue weighted by atomic mass is 10.1. The van der Waals surface area contributed by atoms with E-state index in [0.29, 0.717) is 12.1 Å². The molecule has 0 aliphatic heterocycles. The monoisotopic (exact) mass is 230 g/mol. The second-order valence-electron chi connectivity index (χ2n) is 3.84. The summed E-state index contributed by atoms with van der Waals surface area (Å²) in [5.41, 5.74) is 0.308. The Labute approximate surface area is 97.7 Å². The normalized spacial score (nSPS) is 10.4. The largest absolute Gasteiger partial charge is 0.346 e. The van der Waals surface area contributed by atoms with E-state index in [2.05, 4.69) is 0 Å². The maximum absolute atomic E-state index is 13.1. The maximum Gasteiger partial charge on any atom is 0.207 e. The molecular weight excluding hydrogens is 219 g/mol. The number of hydrogen-bond donors (Lipinski definition) is 0. The van der Waals surface area contributed by atoms with E-state index in [0.717, 1.165) is 6.42 Å². The van der Waals surface area contributed by atoms with Gasteiger partial charge in [-0.1, -0.05) is 6.92 Å². The predicted molar refractivity (Wildman–Crippen MR) is 63.2 cm³/mol. The Balaban J connectivity index is 2.88. The van der Waals surface area contributed by atoms with Gasteiger partial charge in [0.2, 0.25) is 5.43 Å². The van der Waals surface area contributed by atoms with Gasteiger partial charge in [0.25, 0.3) is 0 Å². The van der Waals surface area contributed by atoms with Crippen LogP contribution in [0.3, 0.4) is 0 Å². The third-order valence-corrected chi connectivity index (χ3v) is 2.63. The second kappa shape index (κ2) is 4.38. The summed E-state index contributed by atoms with van der Waals surface area (Å²) in [7, 11) is 0. The topological polar surface area (TPSA) is 45.8 Å². The summed E-state index contributed by atoms with van der Waals surface area (Å²) < 4.78 is 15.0. The fraction of sp³-hybridized carbons (Fsp3) is 0.231. The molecule has 0 bridgehead atoms. The number of rotatable bonds is 2. The van der Waals surface area contributed by atoms with Gasteiger partial charge in [0.15, 0.2) is 0 Å². The standard InChI is InChI=1S/C13H11FN2O/c1-2-5-16-8-9(7-15)13(17)11-6-10(14)3-4-12(11)16/h3-4,6,8H,2,5H2,1H3. The number of aromatic nitrogens is 1. The van der Waals surface area contributed by atoms with Crippen LogP contribution in [0, 0.1) is 17.1 Å². The van der Waals surface area contributed by atoms with E-state index in [-0.39, 0.29) is 10.9 Å². The Morgan fingerprint density at radius 3 is 2.88 bits per heavy atom. The number of pyridine rings is 1. The molecule has 2 rings (SSSR count). The van der Waals surface area contributed by atoms with E-state index in [9.17, 15) is 9.18 Å². The minimum absolute atomic E-state index is 0.0524. The van der Waals surface area contributed by atoms with E-state index < -0.39 is 11.2 Å². The number of hydrogen-bond acceptors (Lipinski definition) is 2. The fourth-order valence-corrected chi connectivity index (χ4v) is 1.88. The molecule has 0 spiro atoms. The van der Waals surface area contributed by atoms with Gasteiger partial charge in [-0.3, -0.25) is 4.79 Å². The van der Waals surface area contributed by atoms with Crippen molar-refractivity contribution in [2.75, 3.05) is 0 Å². The SMILES string of the molecule is CCCn1cc(C#N)c(=O)c2cc(F)ccc21. The minimum Gasteiger partial charge on any atom is -0.346 e. The van der Waals surface area contributed by atoms with Crippen LogP contribution in [-0.2, 0) is 6.54 Å². The maximum atomic E-state index is 13.1. The summed E-state index contributed by atoms with van der Waals surface area (Å²) in [6.45, 7) is 2.69. The lowest BCUT2D eigenvalue weighted by Crippen LogP contribution is -2.13. The van der Waals surface area contributed by atoms with Crippen LogP contribution in [-0.4, -0.2) is 4.57 Å². The highest BCUT2D eigenvalue weighted by molar-refractivity contribution is 5.80. The van der Waals surface area contributed by atoms with Crippen molar-refractivity contribution in [3.8, 4) is 6.07 Å². The first-order valence-corrected chi connectivity index (χ1v) is 5.40. The van der Waals surface area contributed by atoms with Crippen LogP contribution in [0.5, 0.6) is 0 Å². The van der Waals surface area contributed by atoms with Crippen LogP contribution in [0.25, 0.3) is 10.9 Å². The van der Waals surface area contributed by atoms with Gasteiger partial charge < -0.3 is 4.57 Å². The smallest absolute Gasteiger partial charge is 0.207 e. The molecule has 2 aromatic rings. The molecule has 0 aliphatic carbocycles. The van der Waals surface area contributed by atoms with Crippen molar-refractivity contribution in [3.63, 3.8) is 0 Å². The zero-order chi connectivity index (χ0) is 12.4. The second-order valence-corrected chi connectivity index (χ2v) is 3.84. The van der Waals surface area contributed by atoms with Crippen molar-refractivity contribution >= 4 is 10.9 Å². The number of nitriles is 1. The minimum atomic E-state index is -0.465. The van der Waals surface area contributed by atoms with Crippen LogP contribution in [0.2, 0.25) is 0 Å². The Hall–Kier alpha value is -2.15. The van der Waals surface area contributed by atoms with Crippen LogP contribution >= 0.6 is 0 Å². The third-order valence-electron chi connectivity index (χ3n) is 2.63. The number of nitrogens with zero attached hydrogens (tertiary/aromatic N) is 2. The molecule has 4 heteroatoms. The van der Waals surface area contributed by atoms with Gasteiger partial charge in [-0.2, -0.15) is 5.26 Å². The molecule has 0 radical (unpaired) electrons. The summed E-state index contributed by atoms with van der Waals surface area (Å²) in [4.78, 5) is 11.9. The highest BCUT2D eigenvalue weighted by Gasteiger charge is 2.09. The zero-order valence-corrected chi connectivity index (χ0v) is 9.40. The van der Waals surface area contributed by atoms with Gasteiger partial charge in [-0.25, -0.2) is 4.39 Å². The van der Waals surface area contributed by atoms with Crippen molar-refractivity contribution in [2.24, 2.45) is 0 Å². The van der Waals surface area contributed by atoms with Gasteiger partial charge >= 0.3 is 0 Å². The molecular formula is C13H11FN2O. The predicted octanol–water partition coefficient (Wildman–Crippen LogP) is 2.42. The highest BCUT2D eigenvalue weighted by atomic mass is 19.1. The number of aryl methyl sites for hydroxylation is 1. The van der Waals surface area contributed by atoms with Crippen molar-refractivity contribution in [1.29, 1.82) is 5.26 Å². The van der Waals surface area contributed by atoms with Crippen molar-refractivity contribution in [1.82, 2.24) is 4.57 Å². The van der Waals surface area contributed by atoms with Crippen LogP contribution in [0.4, 0.5) is 4.39 Å². The van der Waals surface area contributed by atoms with Gasteiger partial charge in [0.05, 0.1) is 5.52 Å². The molecule has 0 N–H and O–H groups in total. The number of benzene rings is 1. The lowest BCUT2D eigenvalue weighted by molar-refractivity contribution is 0.628. The van der Waals surface area contributed by atoms with Gasteiger partial charge in [-0.15, -0.1) is 0 Å². The van der Waals surface area contributed by atoms with E-state index in [1.54, 1.807) is 6.07 Å². The summed E-state index contributed by atoms with van der Waals surface area (Å²) in [6, 6.07) is 5.93. The first-order chi connectivity index (χ1) is 8.17. The Morgan fingerprint density at radius 1 is 1.47 bits per heavy atom. The Kier molecular flexibility index (Phi) is 2.92. The third kappa shape index (κ3) is 1.92. The molecule has 1 heterocycles. The van der Waals surface area contributed by atoms with Crippen molar-refractivity contribution in [2.45, 2.75) is 19.9 Å². The molecule has 86 valence electrons. The molecule has 1 aromatic heterocycles. The Morgan fingerprint density at radius 2 is 2.24 bits per heavy atom. The average molecular weight is 230 g/mol. The van der Waals surface area contributed by atoms with Crippen LogP contribution < -0.4 is 5.43 Å². The molecule has 0 atom stereocenters. The average Bonchev–Trinajstić information content (AvgIpc) is 2.33. The molecule has 3 nitrogen and oxygen atoms in total. The molecule has 0 aliphatic rings. The number of halogens is 1.